The van der Waals surface area contributed by atoms with E-state index in [4.69, 9.17) is 16.3 Å². The molecular weight excluding hydrogens is 301 g/mol. The van der Waals surface area contributed by atoms with E-state index in [-0.39, 0.29) is 11.7 Å². The molecule has 1 atom stereocenters. The average molecular weight is 318 g/mol. The topological polar surface area (TPSA) is 33.0 Å². The molecule has 0 saturated carbocycles. The molecule has 0 saturated heterocycles. The molecule has 0 aliphatic carbocycles. The van der Waals surface area contributed by atoms with Crippen LogP contribution in [0.4, 0.5) is 4.39 Å². The van der Waals surface area contributed by atoms with Crippen molar-refractivity contribution < 1.29 is 9.13 Å². The normalized spacial score (nSPS) is 11.7. The van der Waals surface area contributed by atoms with Crippen LogP contribution in [0.1, 0.15) is 29.9 Å². The van der Waals surface area contributed by atoms with Crippen molar-refractivity contribution in [1.82, 2.24) is 0 Å². The van der Waals surface area contributed by atoms with Gasteiger partial charge in [0, 0.05) is 0 Å². The molecule has 0 radical (unpaired) electrons. The Morgan fingerprint density at radius 3 is 2.64 bits per heavy atom. The number of halogens is 2. The molecule has 0 bridgehead atoms. The lowest BCUT2D eigenvalue weighted by Crippen LogP contribution is -2.02. The molecule has 0 heterocycles. The van der Waals surface area contributed by atoms with Gasteiger partial charge >= 0.3 is 0 Å². The summed E-state index contributed by atoms with van der Waals surface area (Å²) in [6, 6.07) is 13.9. The summed E-state index contributed by atoms with van der Waals surface area (Å²) in [4.78, 5) is 0. The summed E-state index contributed by atoms with van der Waals surface area (Å²) in [5.41, 5.74) is 1.91. The predicted molar refractivity (Wildman–Crippen MR) is 85.7 cm³/mol. The predicted octanol–water partition coefficient (Wildman–Crippen LogP) is 5.25. The van der Waals surface area contributed by atoms with Crippen LogP contribution in [0.2, 0.25) is 5.02 Å². The Labute approximate surface area is 135 Å². The molecule has 0 aliphatic heterocycles. The van der Waals surface area contributed by atoms with E-state index in [9.17, 15) is 9.65 Å². The maximum atomic E-state index is 12.9. The van der Waals surface area contributed by atoms with Crippen molar-refractivity contribution in [2.45, 2.75) is 25.7 Å². The number of hydrogen-bond acceptors (Lipinski definition) is 2. The van der Waals surface area contributed by atoms with Gasteiger partial charge in [0.05, 0.1) is 23.6 Å². The van der Waals surface area contributed by atoms with Crippen LogP contribution in [0, 0.1) is 24.1 Å². The van der Waals surface area contributed by atoms with Gasteiger partial charge < -0.3 is 4.74 Å². The number of aryl methyl sites for hydroxylation is 1. The first kappa shape index (κ1) is 16.3. The minimum absolute atomic E-state index is 0.253. The zero-order valence-corrected chi connectivity index (χ0v) is 13.1. The average Bonchev–Trinajstić information content (AvgIpc) is 2.52. The van der Waals surface area contributed by atoms with Crippen molar-refractivity contribution in [3.05, 3.63) is 64.4 Å². The van der Waals surface area contributed by atoms with E-state index in [1.165, 1.54) is 12.1 Å². The molecule has 1 unspecified atom stereocenters. The molecule has 0 aliphatic rings. The fourth-order valence-corrected chi connectivity index (χ4v) is 2.36. The molecule has 0 N–H and O–H groups in total. The molecule has 0 amide bonds. The third-order valence-electron chi connectivity index (χ3n) is 3.41. The fraction of sp³-hybridized carbons (Fsp3) is 0.278. The Hall–Kier alpha value is -2.05. The Morgan fingerprint density at radius 1 is 1.23 bits per heavy atom. The third-order valence-corrected chi connectivity index (χ3v) is 3.72. The lowest BCUT2D eigenvalue weighted by atomic mass is 9.96. The molecule has 22 heavy (non-hydrogen) atoms. The molecule has 114 valence electrons. The Balaban J connectivity index is 1.86. The van der Waals surface area contributed by atoms with E-state index in [1.54, 1.807) is 12.1 Å². The van der Waals surface area contributed by atoms with Crippen molar-refractivity contribution in [3.63, 3.8) is 0 Å². The van der Waals surface area contributed by atoms with Gasteiger partial charge in [-0.25, -0.2) is 4.39 Å². The Bertz CT molecular complexity index is 664. The van der Waals surface area contributed by atoms with E-state index in [0.29, 0.717) is 23.8 Å². The van der Waals surface area contributed by atoms with Gasteiger partial charge in [0.2, 0.25) is 0 Å². The molecular formula is C18H17ClFNO. The molecule has 0 spiro atoms. The summed E-state index contributed by atoms with van der Waals surface area (Å²) in [7, 11) is 0. The zero-order valence-electron chi connectivity index (χ0n) is 12.4. The van der Waals surface area contributed by atoms with Gasteiger partial charge in [0.1, 0.15) is 11.6 Å². The molecule has 2 rings (SSSR count). The van der Waals surface area contributed by atoms with Crippen LogP contribution in [0.15, 0.2) is 42.5 Å². The number of nitrogens with zero attached hydrogens (tertiary/aromatic N) is 1. The van der Waals surface area contributed by atoms with Crippen LogP contribution in [0.25, 0.3) is 0 Å². The lowest BCUT2D eigenvalue weighted by Gasteiger charge is -2.11. The van der Waals surface area contributed by atoms with E-state index < -0.39 is 0 Å². The van der Waals surface area contributed by atoms with Crippen LogP contribution in [0.3, 0.4) is 0 Å². The van der Waals surface area contributed by atoms with Crippen LogP contribution >= 0.6 is 11.6 Å². The Morgan fingerprint density at radius 2 is 1.95 bits per heavy atom. The van der Waals surface area contributed by atoms with Crippen molar-refractivity contribution in [3.8, 4) is 11.8 Å². The van der Waals surface area contributed by atoms with Crippen LogP contribution in [0.5, 0.6) is 5.75 Å². The second-order valence-corrected chi connectivity index (χ2v) is 5.57. The third kappa shape index (κ3) is 4.47. The van der Waals surface area contributed by atoms with Crippen LogP contribution in [-0.4, -0.2) is 6.61 Å². The first-order valence-electron chi connectivity index (χ1n) is 7.14. The van der Waals surface area contributed by atoms with Gasteiger partial charge in [0.15, 0.2) is 0 Å². The molecule has 2 aromatic carbocycles. The summed E-state index contributed by atoms with van der Waals surface area (Å²) < 4.78 is 18.6. The fourth-order valence-electron chi connectivity index (χ4n) is 2.19. The highest BCUT2D eigenvalue weighted by Crippen LogP contribution is 2.26. The number of benzene rings is 2. The summed E-state index contributed by atoms with van der Waals surface area (Å²) in [6.45, 7) is 2.46. The SMILES string of the molecule is Cc1ccc(Cl)c(OCCCC(C#N)c2ccc(F)cc2)c1. The number of nitriles is 1. The monoisotopic (exact) mass is 317 g/mol. The maximum Gasteiger partial charge on any atom is 0.138 e. The smallest absolute Gasteiger partial charge is 0.138 e. The minimum Gasteiger partial charge on any atom is -0.492 e. The largest absolute Gasteiger partial charge is 0.492 e. The van der Waals surface area contributed by atoms with Crippen molar-refractivity contribution in [1.29, 1.82) is 5.26 Å². The van der Waals surface area contributed by atoms with Crippen LogP contribution < -0.4 is 4.74 Å². The van der Waals surface area contributed by atoms with Gasteiger partial charge in [-0.2, -0.15) is 5.26 Å². The lowest BCUT2D eigenvalue weighted by molar-refractivity contribution is 0.305. The van der Waals surface area contributed by atoms with Gasteiger partial charge in [-0.3, -0.25) is 0 Å². The first-order valence-corrected chi connectivity index (χ1v) is 7.52. The van der Waals surface area contributed by atoms with Crippen LogP contribution in [-0.2, 0) is 0 Å². The number of ether oxygens (including phenoxy) is 1. The standard InChI is InChI=1S/C18H17ClFNO/c1-13-4-9-17(19)18(11-13)22-10-2-3-15(12-21)14-5-7-16(20)8-6-14/h4-9,11,15H,2-3,10H2,1H3. The summed E-state index contributed by atoms with van der Waals surface area (Å²) >= 11 is 6.06. The quantitative estimate of drug-likeness (QED) is 0.681. The van der Waals surface area contributed by atoms with Gasteiger partial charge in [-0.1, -0.05) is 29.8 Å². The molecule has 2 aromatic rings. The van der Waals surface area contributed by atoms with Gasteiger partial charge in [-0.05, 0) is 55.2 Å². The summed E-state index contributed by atoms with van der Waals surface area (Å²) in [5.74, 6) is 0.118. The minimum atomic E-state index is -0.294. The highest BCUT2D eigenvalue weighted by molar-refractivity contribution is 6.32. The molecule has 4 heteroatoms. The number of rotatable bonds is 6. The van der Waals surface area contributed by atoms with Crippen molar-refractivity contribution in [2.75, 3.05) is 6.61 Å². The number of hydrogen-bond donors (Lipinski definition) is 0. The highest BCUT2D eigenvalue weighted by atomic mass is 35.5. The van der Waals surface area contributed by atoms with Crippen molar-refractivity contribution in [2.24, 2.45) is 0 Å². The molecule has 0 aromatic heterocycles. The van der Waals surface area contributed by atoms with Crippen molar-refractivity contribution >= 4 is 11.6 Å². The highest BCUT2D eigenvalue weighted by Gasteiger charge is 2.11. The second-order valence-electron chi connectivity index (χ2n) is 5.16. The van der Waals surface area contributed by atoms with E-state index in [2.05, 4.69) is 6.07 Å². The second kappa shape index (κ2) is 7.82. The van der Waals surface area contributed by atoms with Gasteiger partial charge in [-0.15, -0.1) is 0 Å². The molecule has 2 nitrogen and oxygen atoms in total. The van der Waals surface area contributed by atoms with Gasteiger partial charge in [0.25, 0.3) is 0 Å². The summed E-state index contributed by atoms with van der Waals surface area (Å²) in [6.07, 6.45) is 1.38. The van der Waals surface area contributed by atoms with E-state index >= 15 is 0 Å². The zero-order chi connectivity index (χ0) is 15.9. The summed E-state index contributed by atoms with van der Waals surface area (Å²) in [5, 5.41) is 9.82. The maximum absolute atomic E-state index is 12.9. The van der Waals surface area contributed by atoms with E-state index in [0.717, 1.165) is 17.5 Å². The van der Waals surface area contributed by atoms with E-state index in [1.807, 2.05) is 25.1 Å². The Kier molecular flexibility index (Phi) is 5.80. The molecule has 0 fully saturated rings. The first-order chi connectivity index (χ1) is 10.6.